The predicted octanol–water partition coefficient (Wildman–Crippen LogP) is -2.21. The van der Waals surface area contributed by atoms with Gasteiger partial charge in [-0.2, -0.15) is 0 Å². The molecule has 0 aliphatic heterocycles. The largest absolute Gasteiger partial charge is 1.00 e. The van der Waals surface area contributed by atoms with Crippen LogP contribution in [0.25, 0.3) is 0 Å². The fraction of sp³-hybridized carbons (Fsp3) is 0. The smallest absolute Gasteiger partial charge is 0.870 e. The maximum absolute atomic E-state index is 9.17. The van der Waals surface area contributed by atoms with Gasteiger partial charge in [0.2, 0.25) is 4.45 Å². The predicted molar refractivity (Wildman–Crippen MR) is 25.3 cm³/mol. The Morgan fingerprint density at radius 3 is 1.33 bits per heavy atom. The fourth-order valence-corrected chi connectivity index (χ4v) is 0. The molecule has 0 aliphatic carbocycles. The van der Waals surface area contributed by atoms with Crippen LogP contribution in [-0.2, 0) is 0 Å². The van der Waals surface area contributed by atoms with E-state index in [1.54, 1.807) is 0 Å². The molecular formula is CH3NaO2S2. The zero-order valence-electron chi connectivity index (χ0n) is 3.25. The van der Waals surface area contributed by atoms with Gasteiger partial charge in [-0.1, -0.05) is 25.3 Å². The molecule has 1 N–H and O–H groups in total. The summed E-state index contributed by atoms with van der Waals surface area (Å²) in [7, 11) is 0. The average Bonchev–Trinajstić information content (AvgIpc) is 0.811. The van der Waals surface area contributed by atoms with Crippen molar-refractivity contribution in [1.82, 2.24) is 0 Å². The molecule has 0 spiro atoms. The molecule has 0 heterocycles. The van der Waals surface area contributed by atoms with Crippen LogP contribution in [0.3, 0.4) is 0 Å². The zero-order valence-corrected chi connectivity index (χ0v) is 7.04. The maximum atomic E-state index is 9.17. The Bertz CT molecular complexity index is 34.5. The average molecular weight is 134 g/mol. The maximum Gasteiger partial charge on any atom is 1.00 e. The van der Waals surface area contributed by atoms with Crippen molar-refractivity contribution in [2.45, 2.75) is 0 Å². The summed E-state index contributed by atoms with van der Waals surface area (Å²) in [6, 6.07) is 0. The molecule has 0 aromatic rings. The molecular weight excluding hydrogens is 131 g/mol. The van der Waals surface area contributed by atoms with E-state index in [1.165, 1.54) is 0 Å². The van der Waals surface area contributed by atoms with Gasteiger partial charge in [0.15, 0.2) is 0 Å². The molecule has 32 valence electrons. The second-order valence-corrected chi connectivity index (χ2v) is 1.45. The summed E-state index contributed by atoms with van der Waals surface area (Å²) in [4.78, 5) is 9.17. The van der Waals surface area contributed by atoms with E-state index in [0.717, 1.165) is 0 Å². The molecule has 0 aliphatic rings. The van der Waals surface area contributed by atoms with Crippen molar-refractivity contribution in [3.05, 3.63) is 0 Å². The first-order valence-corrected chi connectivity index (χ1v) is 1.55. The molecule has 0 saturated carbocycles. The first kappa shape index (κ1) is 15.7. The van der Waals surface area contributed by atoms with Crippen LogP contribution >= 0.6 is 25.3 Å². The van der Waals surface area contributed by atoms with Gasteiger partial charge in [-0.15, -0.1) is 0 Å². The molecule has 0 atom stereocenters. The molecule has 0 amide bonds. The molecule has 0 saturated heterocycles. The molecule has 6 heavy (non-hydrogen) atoms. The summed E-state index contributed by atoms with van der Waals surface area (Å²) in [6.07, 6.45) is 0. The Morgan fingerprint density at radius 2 is 1.33 bits per heavy atom. The van der Waals surface area contributed by atoms with Gasteiger partial charge in [0.05, 0.1) is 0 Å². The monoisotopic (exact) mass is 134 g/mol. The van der Waals surface area contributed by atoms with Gasteiger partial charge in [0, 0.05) is 0 Å². The van der Waals surface area contributed by atoms with Gasteiger partial charge in [-0.05, 0) is 0 Å². The molecule has 0 radical (unpaired) electrons. The van der Waals surface area contributed by atoms with Crippen LogP contribution in [0.15, 0.2) is 0 Å². The fourth-order valence-electron chi connectivity index (χ4n) is 0. The van der Waals surface area contributed by atoms with Crippen LogP contribution in [0.1, 0.15) is 0 Å². The van der Waals surface area contributed by atoms with Gasteiger partial charge in [-0.3, -0.25) is 4.79 Å². The van der Waals surface area contributed by atoms with E-state index in [-0.39, 0.29) is 35.0 Å². The van der Waals surface area contributed by atoms with E-state index in [0.29, 0.717) is 0 Å². The summed E-state index contributed by atoms with van der Waals surface area (Å²) in [6.45, 7) is 0. The Morgan fingerprint density at radius 1 is 1.33 bits per heavy atom. The first-order chi connectivity index (χ1) is 1.73. The second kappa shape index (κ2) is 9.59. The van der Waals surface area contributed by atoms with Gasteiger partial charge in [0.25, 0.3) is 0 Å². The number of hydrogen-bond acceptors (Lipinski definition) is 2. The summed E-state index contributed by atoms with van der Waals surface area (Å²) in [5.41, 5.74) is 0. The van der Waals surface area contributed by atoms with Gasteiger partial charge < -0.3 is 5.48 Å². The van der Waals surface area contributed by atoms with E-state index in [9.17, 15) is 4.79 Å². The number of carbonyl (C=O) groups excluding carboxylic acids is 1. The van der Waals surface area contributed by atoms with Crippen LogP contribution in [0.5, 0.6) is 0 Å². The first-order valence-electron chi connectivity index (χ1n) is 0.651. The van der Waals surface area contributed by atoms with E-state index in [2.05, 4.69) is 25.3 Å². The van der Waals surface area contributed by atoms with Crippen molar-refractivity contribution >= 4 is 29.7 Å². The van der Waals surface area contributed by atoms with Crippen molar-refractivity contribution in [3.8, 4) is 0 Å². The molecule has 0 aromatic heterocycles. The number of rotatable bonds is 0. The van der Waals surface area contributed by atoms with Gasteiger partial charge in [-0.25, -0.2) is 0 Å². The zero-order chi connectivity index (χ0) is 3.58. The molecule has 0 bridgehead atoms. The minimum Gasteiger partial charge on any atom is -0.870 e. The molecule has 5 heteroatoms. The summed E-state index contributed by atoms with van der Waals surface area (Å²) < 4.78 is -0.444. The normalized spacial score (nSPS) is 4.33. The standard InChI is InChI=1S/CH2OS2.Na.H2O/c2-1(3)4;;/h(H2,2,3,4);;1H2/q;+1;/p-1. The van der Waals surface area contributed by atoms with Crippen molar-refractivity contribution in [3.63, 3.8) is 0 Å². The van der Waals surface area contributed by atoms with E-state index in [1.807, 2.05) is 0 Å². The SMILES string of the molecule is O=C(S)S.[Na+].[OH-]. The minimum absolute atomic E-state index is 0. The Balaban J connectivity index is -0.0000000450. The number of carbonyl (C=O) groups is 1. The third kappa shape index (κ3) is 56.5. The summed E-state index contributed by atoms with van der Waals surface area (Å²) in [5.74, 6) is 0. The quantitative estimate of drug-likeness (QED) is 0.291. The van der Waals surface area contributed by atoms with Crippen molar-refractivity contribution in [2.24, 2.45) is 0 Å². The molecule has 0 rings (SSSR count). The third-order valence-corrected chi connectivity index (χ3v) is 0. The minimum atomic E-state index is -0.444. The molecule has 0 aromatic carbocycles. The van der Waals surface area contributed by atoms with E-state index < -0.39 is 4.45 Å². The summed E-state index contributed by atoms with van der Waals surface area (Å²) >= 11 is 6.38. The van der Waals surface area contributed by atoms with Gasteiger partial charge >= 0.3 is 29.6 Å². The van der Waals surface area contributed by atoms with Crippen LogP contribution in [0.4, 0.5) is 4.79 Å². The Hall–Kier alpha value is 1.33. The molecule has 0 fully saturated rings. The second-order valence-electron chi connectivity index (χ2n) is 0.283. The van der Waals surface area contributed by atoms with Crippen LogP contribution in [-0.4, -0.2) is 9.92 Å². The molecule has 2 nitrogen and oxygen atoms in total. The Labute approximate surface area is 69.1 Å². The summed E-state index contributed by atoms with van der Waals surface area (Å²) in [5, 5.41) is 0. The van der Waals surface area contributed by atoms with Crippen LogP contribution < -0.4 is 29.6 Å². The van der Waals surface area contributed by atoms with E-state index in [4.69, 9.17) is 0 Å². The van der Waals surface area contributed by atoms with Crippen molar-refractivity contribution in [2.75, 3.05) is 0 Å². The van der Waals surface area contributed by atoms with Crippen LogP contribution in [0.2, 0.25) is 0 Å². The third-order valence-electron chi connectivity index (χ3n) is 0. The Kier molecular flexibility index (Phi) is 25.0. The van der Waals surface area contributed by atoms with E-state index >= 15 is 0 Å². The number of thiol groups is 2. The van der Waals surface area contributed by atoms with Crippen LogP contribution in [0, 0.1) is 0 Å². The van der Waals surface area contributed by atoms with Gasteiger partial charge in [0.1, 0.15) is 0 Å². The van der Waals surface area contributed by atoms with Crippen molar-refractivity contribution in [1.29, 1.82) is 0 Å². The van der Waals surface area contributed by atoms with Crippen molar-refractivity contribution < 1.29 is 39.8 Å². The number of hydrogen-bond donors (Lipinski definition) is 2. The molecule has 0 unspecified atom stereocenters. The topological polar surface area (TPSA) is 47.1 Å².